The lowest BCUT2D eigenvalue weighted by Gasteiger charge is -2.11. The fraction of sp³-hybridized carbons (Fsp3) is 0.375. The van der Waals surface area contributed by atoms with Gasteiger partial charge >= 0.3 is 5.97 Å². The molecule has 2 aromatic rings. The number of carbonyl (C=O) groups is 1. The lowest BCUT2D eigenvalue weighted by atomic mass is 10.2. The number of nitrogens with one attached hydrogen (secondary N) is 1. The zero-order valence-corrected chi connectivity index (χ0v) is 13.7. The number of para-hydroxylation sites is 1. The van der Waals surface area contributed by atoms with Gasteiger partial charge in [0.1, 0.15) is 5.56 Å². The molecule has 124 valence electrons. The fourth-order valence-corrected chi connectivity index (χ4v) is 2.38. The Kier molecular flexibility index (Phi) is 6.58. The molecule has 0 atom stereocenters. The van der Waals surface area contributed by atoms with Crippen LogP contribution in [0.5, 0.6) is 0 Å². The van der Waals surface area contributed by atoms with Gasteiger partial charge in [0, 0.05) is 13.2 Å². The highest BCUT2D eigenvalue weighted by molar-refractivity contribution is 6.32. The zero-order chi connectivity index (χ0) is 16.7. The SMILES string of the molecule is CCOC(=O)c1cnn(-c2ccccc2Cl)c1CNCCCO. The molecule has 0 saturated heterocycles. The number of aliphatic hydroxyl groups is 1. The maximum absolute atomic E-state index is 12.1. The molecule has 0 amide bonds. The number of aromatic nitrogens is 2. The number of hydrogen-bond donors (Lipinski definition) is 2. The predicted octanol–water partition coefficient (Wildman–Crippen LogP) is 2.17. The van der Waals surface area contributed by atoms with Crippen LogP contribution in [0.25, 0.3) is 5.69 Å². The van der Waals surface area contributed by atoms with Crippen LogP contribution in [0.2, 0.25) is 5.02 Å². The van der Waals surface area contributed by atoms with Gasteiger partial charge in [-0.25, -0.2) is 9.48 Å². The molecule has 1 heterocycles. The van der Waals surface area contributed by atoms with Gasteiger partial charge in [-0.05, 0) is 32.0 Å². The van der Waals surface area contributed by atoms with Gasteiger partial charge in [-0.3, -0.25) is 0 Å². The summed E-state index contributed by atoms with van der Waals surface area (Å²) in [4.78, 5) is 12.1. The normalized spacial score (nSPS) is 10.7. The molecule has 0 aliphatic carbocycles. The maximum atomic E-state index is 12.1. The highest BCUT2D eigenvalue weighted by Gasteiger charge is 2.20. The Hall–Kier alpha value is -1.89. The Morgan fingerprint density at radius 3 is 2.91 bits per heavy atom. The van der Waals surface area contributed by atoms with Crippen LogP contribution in [0, 0.1) is 0 Å². The standard InChI is InChI=1S/C16H20ClN3O3/c1-2-23-16(22)12-10-19-20(14-7-4-3-6-13(14)17)15(12)11-18-8-5-9-21/h3-4,6-7,10,18,21H,2,5,8-9,11H2,1H3. The summed E-state index contributed by atoms with van der Waals surface area (Å²) in [6.45, 7) is 3.22. The molecule has 0 radical (unpaired) electrons. The first kappa shape index (κ1) is 17.5. The molecule has 0 fully saturated rings. The largest absolute Gasteiger partial charge is 0.462 e. The van der Waals surface area contributed by atoms with Gasteiger partial charge in [0.05, 0.1) is 29.2 Å². The molecule has 0 saturated carbocycles. The number of esters is 1. The number of benzene rings is 1. The molecule has 0 aliphatic heterocycles. The number of halogens is 1. The minimum atomic E-state index is -0.412. The van der Waals surface area contributed by atoms with Gasteiger partial charge in [0.15, 0.2) is 0 Å². The summed E-state index contributed by atoms with van der Waals surface area (Å²) in [6, 6.07) is 7.30. The third kappa shape index (κ3) is 4.31. The molecule has 0 unspecified atom stereocenters. The average molecular weight is 338 g/mol. The fourth-order valence-electron chi connectivity index (χ4n) is 2.17. The van der Waals surface area contributed by atoms with Crippen LogP contribution >= 0.6 is 11.6 Å². The van der Waals surface area contributed by atoms with Crippen LogP contribution in [-0.4, -0.2) is 40.6 Å². The molecular formula is C16H20ClN3O3. The van der Waals surface area contributed by atoms with Crippen molar-refractivity contribution in [3.63, 3.8) is 0 Å². The molecule has 6 nitrogen and oxygen atoms in total. The summed E-state index contributed by atoms with van der Waals surface area (Å²) in [5.74, 6) is -0.412. The van der Waals surface area contributed by atoms with Crippen LogP contribution in [0.15, 0.2) is 30.5 Å². The second kappa shape index (κ2) is 8.67. The van der Waals surface area contributed by atoms with Crippen molar-refractivity contribution in [2.45, 2.75) is 19.9 Å². The van der Waals surface area contributed by atoms with Crippen molar-refractivity contribution in [1.82, 2.24) is 15.1 Å². The second-order valence-electron chi connectivity index (χ2n) is 4.84. The Morgan fingerprint density at radius 2 is 2.22 bits per heavy atom. The first-order valence-corrected chi connectivity index (χ1v) is 7.87. The molecule has 0 bridgehead atoms. The monoisotopic (exact) mass is 337 g/mol. The number of carbonyl (C=O) groups excluding carboxylic acids is 1. The molecule has 2 rings (SSSR count). The van der Waals surface area contributed by atoms with Crippen molar-refractivity contribution < 1.29 is 14.6 Å². The number of hydrogen-bond acceptors (Lipinski definition) is 5. The van der Waals surface area contributed by atoms with Gasteiger partial charge in [0.25, 0.3) is 0 Å². The minimum Gasteiger partial charge on any atom is -0.462 e. The van der Waals surface area contributed by atoms with Gasteiger partial charge in [-0.15, -0.1) is 0 Å². The van der Waals surface area contributed by atoms with E-state index < -0.39 is 5.97 Å². The Balaban J connectivity index is 2.34. The lowest BCUT2D eigenvalue weighted by Crippen LogP contribution is -2.20. The number of aliphatic hydroxyl groups excluding tert-OH is 1. The average Bonchev–Trinajstić information content (AvgIpc) is 2.96. The van der Waals surface area contributed by atoms with Crippen molar-refractivity contribution in [1.29, 1.82) is 0 Å². The van der Waals surface area contributed by atoms with E-state index in [4.69, 9.17) is 21.4 Å². The maximum Gasteiger partial charge on any atom is 0.341 e. The van der Waals surface area contributed by atoms with Gasteiger partial charge in [0.2, 0.25) is 0 Å². The second-order valence-corrected chi connectivity index (χ2v) is 5.25. The summed E-state index contributed by atoms with van der Waals surface area (Å²) >= 11 is 6.23. The van der Waals surface area contributed by atoms with Gasteiger partial charge < -0.3 is 15.2 Å². The van der Waals surface area contributed by atoms with Crippen molar-refractivity contribution in [3.05, 3.63) is 46.7 Å². The molecule has 1 aromatic carbocycles. The topological polar surface area (TPSA) is 76.4 Å². The quantitative estimate of drug-likeness (QED) is 0.570. The third-order valence-corrected chi connectivity index (χ3v) is 3.57. The molecule has 23 heavy (non-hydrogen) atoms. The predicted molar refractivity (Wildman–Crippen MR) is 87.9 cm³/mol. The smallest absolute Gasteiger partial charge is 0.341 e. The zero-order valence-electron chi connectivity index (χ0n) is 13.0. The van der Waals surface area contributed by atoms with Crippen LogP contribution in [0.4, 0.5) is 0 Å². The highest BCUT2D eigenvalue weighted by Crippen LogP contribution is 2.23. The van der Waals surface area contributed by atoms with E-state index in [-0.39, 0.29) is 6.61 Å². The van der Waals surface area contributed by atoms with Crippen LogP contribution < -0.4 is 5.32 Å². The molecular weight excluding hydrogens is 318 g/mol. The first-order chi connectivity index (χ1) is 11.2. The molecule has 0 aliphatic rings. The Labute approximate surface area is 140 Å². The Morgan fingerprint density at radius 1 is 1.43 bits per heavy atom. The Bertz CT molecular complexity index is 658. The summed E-state index contributed by atoms with van der Waals surface area (Å²) in [5, 5.41) is 16.9. The summed E-state index contributed by atoms with van der Waals surface area (Å²) in [7, 11) is 0. The van der Waals surface area contributed by atoms with Crippen molar-refractivity contribution in [3.8, 4) is 5.69 Å². The van der Waals surface area contributed by atoms with Crippen molar-refractivity contribution in [2.75, 3.05) is 19.8 Å². The van der Waals surface area contributed by atoms with Crippen LogP contribution in [0.1, 0.15) is 29.4 Å². The van der Waals surface area contributed by atoms with E-state index in [0.29, 0.717) is 48.1 Å². The molecule has 7 heteroatoms. The summed E-state index contributed by atoms with van der Waals surface area (Å²) in [6.07, 6.45) is 2.12. The lowest BCUT2D eigenvalue weighted by molar-refractivity contribution is 0.0525. The van der Waals surface area contributed by atoms with E-state index in [0.717, 1.165) is 0 Å². The van der Waals surface area contributed by atoms with Crippen LogP contribution in [-0.2, 0) is 11.3 Å². The number of ether oxygens (including phenoxy) is 1. The molecule has 1 aromatic heterocycles. The third-order valence-electron chi connectivity index (χ3n) is 3.25. The van der Waals surface area contributed by atoms with E-state index in [2.05, 4.69) is 10.4 Å². The van der Waals surface area contributed by atoms with Gasteiger partial charge in [-0.2, -0.15) is 5.10 Å². The summed E-state index contributed by atoms with van der Waals surface area (Å²) < 4.78 is 6.72. The minimum absolute atomic E-state index is 0.113. The van der Waals surface area contributed by atoms with Gasteiger partial charge in [-0.1, -0.05) is 23.7 Å². The molecule has 0 spiro atoms. The highest BCUT2D eigenvalue weighted by atomic mass is 35.5. The summed E-state index contributed by atoms with van der Waals surface area (Å²) in [5.41, 5.74) is 1.78. The van der Waals surface area contributed by atoms with E-state index in [9.17, 15) is 4.79 Å². The molecule has 2 N–H and O–H groups in total. The van der Waals surface area contributed by atoms with E-state index in [1.807, 2.05) is 18.2 Å². The number of nitrogens with zero attached hydrogens (tertiary/aromatic N) is 2. The van der Waals surface area contributed by atoms with E-state index in [1.165, 1.54) is 6.20 Å². The number of rotatable bonds is 8. The van der Waals surface area contributed by atoms with Crippen molar-refractivity contribution in [2.24, 2.45) is 0 Å². The van der Waals surface area contributed by atoms with E-state index >= 15 is 0 Å². The van der Waals surface area contributed by atoms with Crippen LogP contribution in [0.3, 0.4) is 0 Å². The van der Waals surface area contributed by atoms with E-state index in [1.54, 1.807) is 17.7 Å². The van der Waals surface area contributed by atoms with Crippen molar-refractivity contribution >= 4 is 17.6 Å². The first-order valence-electron chi connectivity index (χ1n) is 7.49.